The van der Waals surface area contributed by atoms with E-state index in [1.807, 2.05) is 0 Å². The summed E-state index contributed by atoms with van der Waals surface area (Å²) in [5, 5.41) is 0. The second-order valence-corrected chi connectivity index (χ2v) is 3.22. The number of rotatable bonds is 1. The lowest BCUT2D eigenvalue weighted by atomic mass is 9.97. The molecule has 0 atom stereocenters. The minimum absolute atomic E-state index is 0.317. The molecule has 2 rings (SSSR count). The van der Waals surface area contributed by atoms with E-state index in [2.05, 4.69) is 9.97 Å². The number of nitrogens with zero attached hydrogens (tertiary/aromatic N) is 2. The van der Waals surface area contributed by atoms with Gasteiger partial charge in [0.25, 0.3) is 0 Å². The molecule has 4 nitrogen and oxygen atoms in total. The minimum atomic E-state index is 0.317. The van der Waals surface area contributed by atoms with Crippen LogP contribution in [0.5, 0.6) is 5.88 Å². The smallest absolute Gasteiger partial charge is 0.223 e. The van der Waals surface area contributed by atoms with Crippen LogP contribution in [0.1, 0.15) is 24.1 Å². The third-order valence-corrected chi connectivity index (χ3v) is 2.36. The summed E-state index contributed by atoms with van der Waals surface area (Å²) in [5.41, 5.74) is 7.76. The summed E-state index contributed by atoms with van der Waals surface area (Å²) in [6.07, 6.45) is 4.39. The van der Waals surface area contributed by atoms with Crippen molar-refractivity contribution in [2.75, 3.05) is 12.8 Å². The predicted molar refractivity (Wildman–Crippen MR) is 49.6 cm³/mol. The zero-order chi connectivity index (χ0) is 9.26. The predicted octanol–water partition coefficient (Wildman–Crippen LogP) is 0.946. The average molecular weight is 179 g/mol. The normalized spacial score (nSPS) is 15.2. The van der Waals surface area contributed by atoms with Crippen molar-refractivity contribution < 1.29 is 4.74 Å². The third-order valence-electron chi connectivity index (χ3n) is 2.36. The third kappa shape index (κ3) is 1.43. The van der Waals surface area contributed by atoms with Crippen LogP contribution in [0.2, 0.25) is 0 Å². The Morgan fingerprint density at radius 2 is 2.00 bits per heavy atom. The number of hydrogen-bond acceptors (Lipinski definition) is 4. The molecule has 4 heteroatoms. The van der Waals surface area contributed by atoms with Gasteiger partial charge in [0, 0.05) is 5.56 Å². The molecule has 0 unspecified atom stereocenters. The summed E-state index contributed by atoms with van der Waals surface area (Å²) in [7, 11) is 1.62. The molecule has 70 valence electrons. The first kappa shape index (κ1) is 8.29. The number of fused-ring (bicyclic) bond motifs is 1. The molecular formula is C9H13N3O. The highest BCUT2D eigenvalue weighted by Gasteiger charge is 2.17. The first-order valence-electron chi connectivity index (χ1n) is 4.50. The van der Waals surface area contributed by atoms with Crippen LogP contribution in [0.15, 0.2) is 0 Å². The van der Waals surface area contributed by atoms with Gasteiger partial charge in [-0.25, -0.2) is 4.98 Å². The fourth-order valence-electron chi connectivity index (χ4n) is 1.75. The van der Waals surface area contributed by atoms with Crippen molar-refractivity contribution in [1.29, 1.82) is 0 Å². The Morgan fingerprint density at radius 1 is 1.23 bits per heavy atom. The van der Waals surface area contributed by atoms with Crippen LogP contribution in [0, 0.1) is 0 Å². The summed E-state index contributed by atoms with van der Waals surface area (Å²) < 4.78 is 5.16. The van der Waals surface area contributed by atoms with Gasteiger partial charge in [0.2, 0.25) is 11.8 Å². The van der Waals surface area contributed by atoms with Crippen molar-refractivity contribution in [3.05, 3.63) is 11.3 Å². The Hall–Kier alpha value is -1.32. The van der Waals surface area contributed by atoms with Gasteiger partial charge >= 0.3 is 0 Å². The molecular weight excluding hydrogens is 166 g/mol. The molecule has 0 radical (unpaired) electrons. The fourth-order valence-corrected chi connectivity index (χ4v) is 1.75. The van der Waals surface area contributed by atoms with Crippen LogP contribution >= 0.6 is 0 Å². The van der Waals surface area contributed by atoms with E-state index in [1.54, 1.807) is 7.11 Å². The van der Waals surface area contributed by atoms with Gasteiger partial charge < -0.3 is 10.5 Å². The highest BCUT2D eigenvalue weighted by atomic mass is 16.5. The van der Waals surface area contributed by atoms with Crippen molar-refractivity contribution in [2.24, 2.45) is 0 Å². The molecule has 1 aromatic rings. The summed E-state index contributed by atoms with van der Waals surface area (Å²) in [5.74, 6) is 0.972. The van der Waals surface area contributed by atoms with E-state index in [0.29, 0.717) is 11.8 Å². The van der Waals surface area contributed by atoms with Gasteiger partial charge in [-0.05, 0) is 25.7 Å². The zero-order valence-corrected chi connectivity index (χ0v) is 7.71. The maximum Gasteiger partial charge on any atom is 0.223 e. The molecule has 13 heavy (non-hydrogen) atoms. The molecule has 0 bridgehead atoms. The largest absolute Gasteiger partial charge is 0.481 e. The van der Waals surface area contributed by atoms with E-state index < -0.39 is 0 Å². The van der Waals surface area contributed by atoms with E-state index in [-0.39, 0.29) is 0 Å². The van der Waals surface area contributed by atoms with Crippen LogP contribution in [0.25, 0.3) is 0 Å². The Balaban J connectivity index is 2.50. The molecule has 1 heterocycles. The van der Waals surface area contributed by atoms with Crippen molar-refractivity contribution in [3.63, 3.8) is 0 Å². The first-order chi connectivity index (χ1) is 6.31. The second kappa shape index (κ2) is 3.20. The number of aromatic nitrogens is 2. The molecule has 0 spiro atoms. The van der Waals surface area contributed by atoms with E-state index in [9.17, 15) is 0 Å². The Labute approximate surface area is 77.1 Å². The quantitative estimate of drug-likeness (QED) is 0.697. The van der Waals surface area contributed by atoms with E-state index in [0.717, 1.165) is 24.1 Å². The average Bonchev–Trinajstić information content (AvgIpc) is 2.16. The second-order valence-electron chi connectivity index (χ2n) is 3.22. The van der Waals surface area contributed by atoms with Crippen LogP contribution in [0.3, 0.4) is 0 Å². The molecule has 2 N–H and O–H groups in total. The lowest BCUT2D eigenvalue weighted by Crippen LogP contribution is -2.11. The lowest BCUT2D eigenvalue weighted by molar-refractivity contribution is 0.388. The summed E-state index contributed by atoms with van der Waals surface area (Å²) in [6.45, 7) is 0. The lowest BCUT2D eigenvalue weighted by Gasteiger charge is -2.16. The van der Waals surface area contributed by atoms with Crippen molar-refractivity contribution >= 4 is 5.95 Å². The summed E-state index contributed by atoms with van der Waals surface area (Å²) in [4.78, 5) is 8.26. The van der Waals surface area contributed by atoms with Gasteiger partial charge in [0.1, 0.15) is 0 Å². The topological polar surface area (TPSA) is 61.0 Å². The molecule has 0 saturated carbocycles. The molecule has 0 aliphatic heterocycles. The number of methoxy groups -OCH3 is 1. The molecule has 0 amide bonds. The van der Waals surface area contributed by atoms with Crippen LogP contribution in [-0.2, 0) is 12.8 Å². The number of aryl methyl sites for hydroxylation is 1. The minimum Gasteiger partial charge on any atom is -0.481 e. The van der Waals surface area contributed by atoms with Gasteiger partial charge in [0.05, 0.1) is 12.8 Å². The van der Waals surface area contributed by atoms with Crippen LogP contribution in [0.4, 0.5) is 5.95 Å². The van der Waals surface area contributed by atoms with Gasteiger partial charge in [-0.3, -0.25) is 0 Å². The number of nitrogens with two attached hydrogens (primary N) is 1. The van der Waals surface area contributed by atoms with Gasteiger partial charge in [0.15, 0.2) is 0 Å². The standard InChI is InChI=1S/C9H13N3O/c1-13-8-6-4-2-3-5-7(6)11-9(10)12-8/h2-5H2,1H3,(H2,10,11,12). The van der Waals surface area contributed by atoms with E-state index in [4.69, 9.17) is 10.5 Å². The molecule has 0 aromatic carbocycles. The molecule has 1 aliphatic carbocycles. The summed E-state index contributed by atoms with van der Waals surface area (Å²) >= 11 is 0. The van der Waals surface area contributed by atoms with Crippen LogP contribution < -0.4 is 10.5 Å². The highest BCUT2D eigenvalue weighted by molar-refractivity contribution is 5.37. The Morgan fingerprint density at radius 3 is 2.77 bits per heavy atom. The first-order valence-corrected chi connectivity index (χ1v) is 4.50. The SMILES string of the molecule is COc1nc(N)nc2c1CCCC2. The van der Waals surface area contributed by atoms with E-state index in [1.165, 1.54) is 12.8 Å². The van der Waals surface area contributed by atoms with Crippen LogP contribution in [-0.4, -0.2) is 17.1 Å². The number of hydrogen-bond donors (Lipinski definition) is 1. The Bertz CT molecular complexity index is 308. The highest BCUT2D eigenvalue weighted by Crippen LogP contribution is 2.26. The monoisotopic (exact) mass is 179 g/mol. The fraction of sp³-hybridized carbons (Fsp3) is 0.556. The zero-order valence-electron chi connectivity index (χ0n) is 7.71. The maximum absolute atomic E-state index is 5.56. The molecule has 0 fully saturated rings. The van der Waals surface area contributed by atoms with E-state index >= 15 is 0 Å². The van der Waals surface area contributed by atoms with Crippen molar-refractivity contribution in [2.45, 2.75) is 25.7 Å². The van der Waals surface area contributed by atoms with Crippen molar-refractivity contribution in [3.8, 4) is 5.88 Å². The van der Waals surface area contributed by atoms with Gasteiger partial charge in [-0.2, -0.15) is 4.98 Å². The molecule has 0 saturated heterocycles. The van der Waals surface area contributed by atoms with Gasteiger partial charge in [-0.15, -0.1) is 0 Å². The maximum atomic E-state index is 5.56. The van der Waals surface area contributed by atoms with Crippen molar-refractivity contribution in [1.82, 2.24) is 9.97 Å². The number of anilines is 1. The molecule has 1 aliphatic rings. The number of nitrogen functional groups attached to an aromatic ring is 1. The number of ether oxygens (including phenoxy) is 1. The summed E-state index contributed by atoms with van der Waals surface area (Å²) in [6, 6.07) is 0. The van der Waals surface area contributed by atoms with Gasteiger partial charge in [-0.1, -0.05) is 0 Å². The molecule has 1 aromatic heterocycles. The Kier molecular flexibility index (Phi) is 2.04.